The van der Waals surface area contributed by atoms with Crippen LogP contribution in [0.4, 0.5) is 24.5 Å². The summed E-state index contributed by atoms with van der Waals surface area (Å²) < 4.78 is 36.7. The summed E-state index contributed by atoms with van der Waals surface area (Å²) in [6, 6.07) is 11.6. The zero-order valence-electron chi connectivity index (χ0n) is 11.4. The highest BCUT2D eigenvalue weighted by Gasteiger charge is 2.38. The molecule has 0 aliphatic heterocycles. The molecule has 2 rings (SSSR count). The molecule has 0 fully saturated rings. The number of hydrogen-bond donors (Lipinski definition) is 2. The van der Waals surface area contributed by atoms with Crippen molar-refractivity contribution in [1.29, 1.82) is 0 Å². The SMILES string of the molecule is O=C(Nc1ccccc1Cl)c1cccc(NC(=O)C(F)(F)F)c1. The van der Waals surface area contributed by atoms with Crippen molar-refractivity contribution in [3.05, 3.63) is 59.1 Å². The van der Waals surface area contributed by atoms with Crippen LogP contribution in [0.2, 0.25) is 5.02 Å². The van der Waals surface area contributed by atoms with Crippen LogP contribution in [-0.4, -0.2) is 18.0 Å². The minimum atomic E-state index is -5.00. The van der Waals surface area contributed by atoms with Gasteiger partial charge in [-0.1, -0.05) is 29.8 Å². The van der Waals surface area contributed by atoms with Crippen molar-refractivity contribution in [2.45, 2.75) is 6.18 Å². The Bertz CT molecular complexity index is 747. The van der Waals surface area contributed by atoms with E-state index in [1.807, 2.05) is 0 Å². The molecule has 2 N–H and O–H groups in total. The summed E-state index contributed by atoms with van der Waals surface area (Å²) in [6.07, 6.45) is -5.00. The maximum Gasteiger partial charge on any atom is 0.471 e. The molecule has 2 aromatic rings. The van der Waals surface area contributed by atoms with E-state index in [4.69, 9.17) is 11.6 Å². The molecule has 8 heteroatoms. The van der Waals surface area contributed by atoms with Crippen molar-refractivity contribution in [3.63, 3.8) is 0 Å². The topological polar surface area (TPSA) is 58.2 Å². The molecule has 0 bridgehead atoms. The van der Waals surface area contributed by atoms with Crippen molar-refractivity contribution in [3.8, 4) is 0 Å². The van der Waals surface area contributed by atoms with Crippen LogP contribution in [0.3, 0.4) is 0 Å². The lowest BCUT2D eigenvalue weighted by molar-refractivity contribution is -0.167. The van der Waals surface area contributed by atoms with E-state index in [2.05, 4.69) is 5.32 Å². The average Bonchev–Trinajstić information content (AvgIpc) is 2.49. The molecule has 0 radical (unpaired) electrons. The number of para-hydroxylation sites is 1. The zero-order valence-corrected chi connectivity index (χ0v) is 12.2. The van der Waals surface area contributed by atoms with Crippen molar-refractivity contribution < 1.29 is 22.8 Å². The molecular formula is C15H10ClF3N2O2. The van der Waals surface area contributed by atoms with E-state index in [1.165, 1.54) is 18.2 Å². The fraction of sp³-hybridized carbons (Fsp3) is 0.0667. The second-order valence-corrected chi connectivity index (χ2v) is 4.87. The first-order chi connectivity index (χ1) is 10.8. The summed E-state index contributed by atoms with van der Waals surface area (Å²) in [6.45, 7) is 0. The number of carbonyl (C=O) groups is 2. The molecule has 0 atom stereocenters. The molecule has 0 aromatic heterocycles. The van der Waals surface area contributed by atoms with Gasteiger partial charge in [-0.3, -0.25) is 9.59 Å². The quantitative estimate of drug-likeness (QED) is 0.882. The number of nitrogens with one attached hydrogen (secondary N) is 2. The average molecular weight is 343 g/mol. The predicted octanol–water partition coefficient (Wildman–Crippen LogP) is 4.09. The second kappa shape index (κ2) is 6.70. The first-order valence-electron chi connectivity index (χ1n) is 6.31. The van der Waals surface area contributed by atoms with Crippen LogP contribution in [0.15, 0.2) is 48.5 Å². The Balaban J connectivity index is 2.15. The number of rotatable bonds is 3. The summed E-state index contributed by atoms with van der Waals surface area (Å²) in [5.41, 5.74) is 0.299. The number of anilines is 2. The Kier molecular flexibility index (Phi) is 4.90. The number of benzene rings is 2. The molecule has 23 heavy (non-hydrogen) atoms. The highest BCUT2D eigenvalue weighted by Crippen LogP contribution is 2.22. The Labute approximate surface area is 134 Å². The van der Waals surface area contributed by atoms with Gasteiger partial charge >= 0.3 is 12.1 Å². The minimum Gasteiger partial charge on any atom is -0.321 e. The molecular weight excluding hydrogens is 333 g/mol. The van der Waals surface area contributed by atoms with Crippen LogP contribution in [0.25, 0.3) is 0 Å². The van der Waals surface area contributed by atoms with E-state index in [1.54, 1.807) is 29.6 Å². The second-order valence-electron chi connectivity index (χ2n) is 4.47. The first-order valence-corrected chi connectivity index (χ1v) is 6.69. The molecule has 2 amide bonds. The monoisotopic (exact) mass is 342 g/mol. The van der Waals surface area contributed by atoms with Crippen molar-refractivity contribution in [2.75, 3.05) is 10.6 Å². The van der Waals surface area contributed by atoms with Crippen molar-refractivity contribution in [1.82, 2.24) is 0 Å². The summed E-state index contributed by atoms with van der Waals surface area (Å²) in [5, 5.41) is 4.54. The van der Waals surface area contributed by atoms with Crippen molar-refractivity contribution >= 4 is 34.8 Å². The van der Waals surface area contributed by atoms with Crippen LogP contribution in [0.1, 0.15) is 10.4 Å². The molecule has 0 aliphatic rings. The molecule has 0 aliphatic carbocycles. The highest BCUT2D eigenvalue weighted by molar-refractivity contribution is 6.33. The number of alkyl halides is 3. The van der Waals surface area contributed by atoms with E-state index in [-0.39, 0.29) is 11.3 Å². The summed E-state index contributed by atoms with van der Waals surface area (Å²) >= 11 is 5.91. The maximum absolute atomic E-state index is 12.2. The summed E-state index contributed by atoms with van der Waals surface area (Å²) in [4.78, 5) is 23.0. The van der Waals surface area contributed by atoms with Gasteiger partial charge in [-0.25, -0.2) is 0 Å². The van der Waals surface area contributed by atoms with Crippen LogP contribution in [0.5, 0.6) is 0 Å². The van der Waals surface area contributed by atoms with Gasteiger partial charge in [0.1, 0.15) is 0 Å². The molecule has 0 spiro atoms. The lowest BCUT2D eigenvalue weighted by atomic mass is 10.2. The van der Waals surface area contributed by atoms with Gasteiger partial charge in [-0.15, -0.1) is 0 Å². The largest absolute Gasteiger partial charge is 0.471 e. The smallest absolute Gasteiger partial charge is 0.321 e. The standard InChI is InChI=1S/C15H10ClF3N2O2/c16-11-6-1-2-7-12(11)21-13(22)9-4-3-5-10(8-9)20-14(23)15(17,18)19/h1-8H,(H,20,23)(H,21,22). The van der Waals surface area contributed by atoms with Crippen LogP contribution < -0.4 is 10.6 Å². The minimum absolute atomic E-state index is 0.0740. The van der Waals surface area contributed by atoms with Crippen molar-refractivity contribution in [2.24, 2.45) is 0 Å². The Hall–Kier alpha value is -2.54. The zero-order chi connectivity index (χ0) is 17.0. The predicted molar refractivity (Wildman–Crippen MR) is 80.5 cm³/mol. The third kappa shape index (κ3) is 4.46. The molecule has 0 unspecified atom stereocenters. The first kappa shape index (κ1) is 16.8. The van der Waals surface area contributed by atoms with Crippen LogP contribution in [0, 0.1) is 0 Å². The van der Waals surface area contributed by atoms with E-state index in [0.29, 0.717) is 10.7 Å². The van der Waals surface area contributed by atoms with E-state index in [9.17, 15) is 22.8 Å². The third-order valence-electron chi connectivity index (χ3n) is 2.76. The van der Waals surface area contributed by atoms with Gasteiger partial charge in [-0.05, 0) is 30.3 Å². The molecule has 0 saturated heterocycles. The molecule has 4 nitrogen and oxygen atoms in total. The molecule has 0 saturated carbocycles. The maximum atomic E-state index is 12.2. The van der Waals surface area contributed by atoms with E-state index in [0.717, 1.165) is 6.07 Å². The van der Waals surface area contributed by atoms with Gasteiger partial charge in [0.15, 0.2) is 0 Å². The number of carbonyl (C=O) groups excluding carboxylic acids is 2. The molecule has 2 aromatic carbocycles. The number of halogens is 4. The van der Waals surface area contributed by atoms with Gasteiger partial charge in [0, 0.05) is 11.3 Å². The van der Waals surface area contributed by atoms with Crippen LogP contribution in [-0.2, 0) is 4.79 Å². The van der Waals surface area contributed by atoms with Gasteiger partial charge in [0.2, 0.25) is 0 Å². The highest BCUT2D eigenvalue weighted by atomic mass is 35.5. The lowest BCUT2D eigenvalue weighted by Gasteiger charge is -2.10. The van der Waals surface area contributed by atoms with Gasteiger partial charge in [0.25, 0.3) is 5.91 Å². The summed E-state index contributed by atoms with van der Waals surface area (Å²) in [7, 11) is 0. The third-order valence-corrected chi connectivity index (χ3v) is 3.09. The van der Waals surface area contributed by atoms with E-state index < -0.39 is 18.0 Å². The Morgan fingerprint density at radius 2 is 1.65 bits per heavy atom. The number of amides is 2. The Morgan fingerprint density at radius 1 is 0.957 bits per heavy atom. The molecule has 0 heterocycles. The normalized spacial score (nSPS) is 11.0. The Morgan fingerprint density at radius 3 is 2.30 bits per heavy atom. The number of hydrogen-bond acceptors (Lipinski definition) is 2. The fourth-order valence-corrected chi connectivity index (χ4v) is 1.88. The lowest BCUT2D eigenvalue weighted by Crippen LogP contribution is -2.30. The van der Waals surface area contributed by atoms with Gasteiger partial charge in [0.05, 0.1) is 10.7 Å². The summed E-state index contributed by atoms with van der Waals surface area (Å²) in [5.74, 6) is -2.68. The van der Waals surface area contributed by atoms with E-state index >= 15 is 0 Å². The van der Waals surface area contributed by atoms with Gasteiger partial charge in [-0.2, -0.15) is 13.2 Å². The fourth-order valence-electron chi connectivity index (χ4n) is 1.70. The van der Waals surface area contributed by atoms with Crippen LogP contribution >= 0.6 is 11.6 Å². The molecule has 120 valence electrons. The van der Waals surface area contributed by atoms with Gasteiger partial charge < -0.3 is 10.6 Å².